The summed E-state index contributed by atoms with van der Waals surface area (Å²) in [6.45, 7) is 3.27. The number of fused-ring (bicyclic) bond motifs is 1. The zero-order valence-electron chi connectivity index (χ0n) is 20.3. The summed E-state index contributed by atoms with van der Waals surface area (Å²) in [7, 11) is 1.62. The summed E-state index contributed by atoms with van der Waals surface area (Å²) < 4.78 is 5.42. The highest BCUT2D eigenvalue weighted by atomic mass is 16.5. The van der Waals surface area contributed by atoms with Crippen LogP contribution in [-0.4, -0.2) is 41.4 Å². The van der Waals surface area contributed by atoms with Crippen LogP contribution < -0.4 is 15.6 Å². The Hall–Kier alpha value is -4.10. The Labute approximate surface area is 210 Å². The Morgan fingerprint density at radius 1 is 1.03 bits per heavy atom. The topological polar surface area (TPSA) is 89.9 Å². The first kappa shape index (κ1) is 23.6. The maximum Gasteiger partial charge on any atom is 0.258 e. The first-order valence-corrected chi connectivity index (χ1v) is 12.2. The maximum absolute atomic E-state index is 12.5. The third-order valence-electron chi connectivity index (χ3n) is 6.56. The summed E-state index contributed by atoms with van der Waals surface area (Å²) in [6.07, 6.45) is 5.47. The SMILES string of the molecule is COc1ccccc1Nc1ccc2c(=O)[nH]c(O)c(C=Nc3ccc(CN4CCCCC4)cc3)c2c1. The van der Waals surface area contributed by atoms with Gasteiger partial charge in [-0.3, -0.25) is 19.7 Å². The van der Waals surface area contributed by atoms with E-state index in [2.05, 4.69) is 32.3 Å². The summed E-state index contributed by atoms with van der Waals surface area (Å²) in [4.78, 5) is 22.1. The van der Waals surface area contributed by atoms with Crippen molar-refractivity contribution in [2.45, 2.75) is 25.8 Å². The lowest BCUT2D eigenvalue weighted by Crippen LogP contribution is -2.28. The highest BCUT2D eigenvalue weighted by Gasteiger charge is 2.12. The van der Waals surface area contributed by atoms with Gasteiger partial charge in [0, 0.05) is 29.2 Å². The van der Waals surface area contributed by atoms with Crippen molar-refractivity contribution in [2.75, 3.05) is 25.5 Å². The summed E-state index contributed by atoms with van der Waals surface area (Å²) in [6, 6.07) is 21.1. The zero-order valence-corrected chi connectivity index (χ0v) is 20.3. The molecule has 0 radical (unpaired) electrons. The molecule has 0 amide bonds. The number of H-pyrrole nitrogens is 1. The fourth-order valence-corrected chi connectivity index (χ4v) is 4.65. The number of methoxy groups -OCH3 is 1. The van der Waals surface area contributed by atoms with Crippen molar-refractivity contribution in [3.63, 3.8) is 0 Å². The number of aromatic hydroxyl groups is 1. The Kier molecular flexibility index (Phi) is 7.00. The summed E-state index contributed by atoms with van der Waals surface area (Å²) in [5.41, 5.74) is 3.69. The number of ether oxygens (including phenoxy) is 1. The molecule has 0 saturated carbocycles. The fraction of sp³-hybridized carbons (Fsp3) is 0.241. The van der Waals surface area contributed by atoms with Crippen LogP contribution in [0.25, 0.3) is 10.8 Å². The van der Waals surface area contributed by atoms with E-state index in [1.54, 1.807) is 19.4 Å². The van der Waals surface area contributed by atoms with E-state index in [0.29, 0.717) is 22.1 Å². The van der Waals surface area contributed by atoms with Crippen LogP contribution in [0.3, 0.4) is 0 Å². The van der Waals surface area contributed by atoms with Crippen molar-refractivity contribution in [1.82, 2.24) is 9.88 Å². The Morgan fingerprint density at radius 3 is 2.58 bits per heavy atom. The van der Waals surface area contributed by atoms with Crippen molar-refractivity contribution >= 4 is 34.0 Å². The molecule has 5 rings (SSSR count). The smallest absolute Gasteiger partial charge is 0.258 e. The molecule has 0 spiro atoms. The van der Waals surface area contributed by atoms with Crippen LogP contribution in [0, 0.1) is 0 Å². The molecule has 0 unspecified atom stereocenters. The molecule has 1 aromatic heterocycles. The molecule has 4 aromatic rings. The minimum Gasteiger partial charge on any atom is -0.495 e. The fourth-order valence-electron chi connectivity index (χ4n) is 4.65. The second-order valence-electron chi connectivity index (χ2n) is 9.06. The molecule has 1 aliphatic heterocycles. The number of likely N-dealkylation sites (tertiary alicyclic amines) is 1. The number of aliphatic imine (C=N–C) groups is 1. The van der Waals surface area contributed by atoms with Gasteiger partial charge in [0.15, 0.2) is 0 Å². The molecule has 1 saturated heterocycles. The van der Waals surface area contributed by atoms with E-state index >= 15 is 0 Å². The van der Waals surface area contributed by atoms with E-state index in [0.717, 1.165) is 36.7 Å². The third-order valence-corrected chi connectivity index (χ3v) is 6.56. The van der Waals surface area contributed by atoms with Gasteiger partial charge in [-0.2, -0.15) is 0 Å². The number of aromatic amines is 1. The van der Waals surface area contributed by atoms with Crippen LogP contribution >= 0.6 is 0 Å². The monoisotopic (exact) mass is 482 g/mol. The van der Waals surface area contributed by atoms with Crippen molar-refractivity contribution in [3.05, 3.63) is 88.2 Å². The van der Waals surface area contributed by atoms with Gasteiger partial charge >= 0.3 is 0 Å². The molecule has 0 aliphatic carbocycles. The van der Waals surface area contributed by atoms with Crippen molar-refractivity contribution in [2.24, 2.45) is 4.99 Å². The number of pyridine rings is 1. The average Bonchev–Trinajstić information content (AvgIpc) is 2.90. The quantitative estimate of drug-likeness (QED) is 0.293. The predicted octanol–water partition coefficient (Wildman–Crippen LogP) is 5.72. The van der Waals surface area contributed by atoms with Gasteiger partial charge < -0.3 is 15.2 Å². The normalized spacial score (nSPS) is 14.4. The number of para-hydroxylation sites is 2. The standard InChI is InChI=1S/C29H30N4O3/c1-36-27-8-4-3-7-26(27)31-22-13-14-23-24(17-22)25(29(35)32-28(23)34)18-30-21-11-9-20(10-12-21)19-33-15-5-2-6-16-33/h3-4,7-14,17-18,31H,2,5-6,15-16,19H2,1H3,(H2,32,34,35). The molecule has 2 heterocycles. The molecule has 7 nitrogen and oxygen atoms in total. The third kappa shape index (κ3) is 5.26. The highest BCUT2D eigenvalue weighted by molar-refractivity contribution is 6.03. The van der Waals surface area contributed by atoms with E-state index in [9.17, 15) is 9.90 Å². The van der Waals surface area contributed by atoms with Crippen molar-refractivity contribution in [1.29, 1.82) is 0 Å². The molecule has 3 aromatic carbocycles. The number of hydrogen-bond donors (Lipinski definition) is 3. The lowest BCUT2D eigenvalue weighted by Gasteiger charge is -2.26. The van der Waals surface area contributed by atoms with Gasteiger partial charge in [-0.15, -0.1) is 0 Å². The number of piperidine rings is 1. The molecule has 0 atom stereocenters. The van der Waals surface area contributed by atoms with E-state index in [4.69, 9.17) is 4.74 Å². The van der Waals surface area contributed by atoms with Gasteiger partial charge in [0.1, 0.15) is 5.75 Å². The van der Waals surface area contributed by atoms with Gasteiger partial charge in [0.2, 0.25) is 5.88 Å². The zero-order chi connectivity index (χ0) is 24.9. The Morgan fingerprint density at radius 2 is 1.81 bits per heavy atom. The van der Waals surface area contributed by atoms with Crippen molar-refractivity contribution < 1.29 is 9.84 Å². The Balaban J connectivity index is 1.42. The van der Waals surface area contributed by atoms with Crippen molar-refractivity contribution in [3.8, 4) is 11.6 Å². The lowest BCUT2D eigenvalue weighted by molar-refractivity contribution is 0.221. The second-order valence-corrected chi connectivity index (χ2v) is 9.06. The van der Waals surface area contributed by atoms with E-state index in [-0.39, 0.29) is 11.4 Å². The molecule has 1 aliphatic rings. The predicted molar refractivity (Wildman–Crippen MR) is 145 cm³/mol. The number of aromatic nitrogens is 1. The maximum atomic E-state index is 12.5. The van der Waals surface area contributed by atoms with Crippen LogP contribution in [0.5, 0.6) is 11.6 Å². The summed E-state index contributed by atoms with van der Waals surface area (Å²) in [5.74, 6) is 0.490. The molecule has 1 fully saturated rings. The highest BCUT2D eigenvalue weighted by Crippen LogP contribution is 2.30. The number of nitrogens with zero attached hydrogens (tertiary/aromatic N) is 2. The number of benzene rings is 3. The van der Waals surface area contributed by atoms with E-state index in [1.165, 1.54) is 24.8 Å². The van der Waals surface area contributed by atoms with Crippen LogP contribution in [0.4, 0.5) is 17.1 Å². The molecule has 184 valence electrons. The van der Waals surface area contributed by atoms with Gasteiger partial charge in [-0.05, 0) is 74.0 Å². The molecule has 0 bridgehead atoms. The number of rotatable bonds is 7. The van der Waals surface area contributed by atoms with Crippen LogP contribution in [0.15, 0.2) is 76.5 Å². The number of hydrogen-bond acceptors (Lipinski definition) is 6. The van der Waals surface area contributed by atoms with Gasteiger partial charge in [-0.25, -0.2) is 0 Å². The average molecular weight is 483 g/mol. The molecular formula is C29H30N4O3. The second kappa shape index (κ2) is 10.7. The van der Waals surface area contributed by atoms with Gasteiger partial charge in [-0.1, -0.05) is 30.7 Å². The summed E-state index contributed by atoms with van der Waals surface area (Å²) in [5, 5.41) is 15.0. The number of nitrogens with one attached hydrogen (secondary N) is 2. The van der Waals surface area contributed by atoms with Gasteiger partial charge in [0.05, 0.1) is 24.0 Å². The summed E-state index contributed by atoms with van der Waals surface area (Å²) >= 11 is 0. The van der Waals surface area contributed by atoms with Crippen LogP contribution in [0.2, 0.25) is 0 Å². The van der Waals surface area contributed by atoms with E-state index in [1.807, 2.05) is 48.5 Å². The van der Waals surface area contributed by atoms with Crippen LogP contribution in [-0.2, 0) is 6.54 Å². The largest absolute Gasteiger partial charge is 0.495 e. The minimum atomic E-state index is -0.356. The molecular weight excluding hydrogens is 452 g/mol. The van der Waals surface area contributed by atoms with Gasteiger partial charge in [0.25, 0.3) is 5.56 Å². The Bertz CT molecular complexity index is 1440. The number of anilines is 2. The minimum absolute atomic E-state index is 0.215. The molecule has 7 heteroatoms. The van der Waals surface area contributed by atoms with E-state index < -0.39 is 0 Å². The lowest BCUT2D eigenvalue weighted by atomic mass is 10.1. The molecule has 36 heavy (non-hydrogen) atoms. The first-order chi connectivity index (χ1) is 17.6. The van der Waals surface area contributed by atoms with Crippen LogP contribution in [0.1, 0.15) is 30.4 Å². The first-order valence-electron chi connectivity index (χ1n) is 12.2. The molecule has 3 N–H and O–H groups in total.